The normalized spacial score (nSPS) is 14.3. The van der Waals surface area contributed by atoms with Gasteiger partial charge in [0.15, 0.2) is 11.0 Å². The van der Waals surface area contributed by atoms with Gasteiger partial charge in [0.1, 0.15) is 0 Å². The molecule has 2 aromatic heterocycles. The Morgan fingerprint density at radius 2 is 1.74 bits per heavy atom. The van der Waals surface area contributed by atoms with Crippen molar-refractivity contribution < 1.29 is 4.79 Å². The Labute approximate surface area is 214 Å². The monoisotopic (exact) mass is 503 g/mol. The molecule has 2 aromatic carbocycles. The van der Waals surface area contributed by atoms with Gasteiger partial charge in [-0.3, -0.25) is 14.3 Å². The quantitative estimate of drug-likeness (QED) is 0.309. The zero-order chi connectivity index (χ0) is 24.0. The summed E-state index contributed by atoms with van der Waals surface area (Å²) in [6, 6.07) is 22.0. The van der Waals surface area contributed by atoms with Gasteiger partial charge in [-0.05, 0) is 55.0 Å². The number of carbonyl (C=O) groups is 1. The molecule has 3 heterocycles. The Bertz CT molecular complexity index is 1270. The van der Waals surface area contributed by atoms with Crippen molar-refractivity contribution in [2.24, 2.45) is 5.92 Å². The van der Waals surface area contributed by atoms with Gasteiger partial charge in [0.25, 0.3) is 0 Å². The predicted octanol–water partition coefficient (Wildman–Crippen LogP) is 5.56. The fraction of sp³-hybridized carbons (Fsp3) is 0.259. The molecular weight excluding hydrogens is 478 g/mol. The third kappa shape index (κ3) is 5.57. The fourth-order valence-electron chi connectivity index (χ4n) is 4.45. The maximum atomic E-state index is 13.0. The minimum absolute atomic E-state index is 0.129. The van der Waals surface area contributed by atoms with Gasteiger partial charge in [-0.15, -0.1) is 10.2 Å². The molecule has 1 fully saturated rings. The van der Waals surface area contributed by atoms with E-state index in [9.17, 15) is 4.79 Å². The second-order valence-electron chi connectivity index (χ2n) is 8.64. The van der Waals surface area contributed by atoms with Crippen LogP contribution in [0.1, 0.15) is 18.4 Å². The second kappa shape index (κ2) is 11.1. The lowest BCUT2D eigenvalue weighted by Crippen LogP contribution is -2.39. The van der Waals surface area contributed by atoms with E-state index in [1.807, 2.05) is 45.9 Å². The van der Waals surface area contributed by atoms with Crippen molar-refractivity contribution >= 4 is 29.3 Å². The van der Waals surface area contributed by atoms with Gasteiger partial charge in [-0.25, -0.2) is 0 Å². The maximum Gasteiger partial charge on any atom is 0.233 e. The summed E-state index contributed by atoms with van der Waals surface area (Å²) >= 11 is 7.92. The summed E-state index contributed by atoms with van der Waals surface area (Å²) in [6.45, 7) is 1.60. The number of rotatable bonds is 7. The number of thioether (sulfide) groups is 1. The molecule has 178 valence electrons. The largest absolute Gasteiger partial charge is 0.342 e. The number of aromatic nitrogens is 4. The van der Waals surface area contributed by atoms with Crippen molar-refractivity contribution in [2.45, 2.75) is 24.4 Å². The molecule has 8 heteroatoms. The number of carbonyl (C=O) groups excluding carboxylic acids is 1. The molecule has 0 bridgehead atoms. The summed E-state index contributed by atoms with van der Waals surface area (Å²) in [4.78, 5) is 19.2. The van der Waals surface area contributed by atoms with Gasteiger partial charge in [0.2, 0.25) is 5.91 Å². The number of benzene rings is 2. The van der Waals surface area contributed by atoms with Crippen LogP contribution in [0.4, 0.5) is 0 Å². The highest BCUT2D eigenvalue weighted by Gasteiger charge is 2.24. The summed E-state index contributed by atoms with van der Waals surface area (Å²) in [6.07, 6.45) is 6.61. The van der Waals surface area contributed by atoms with Crippen molar-refractivity contribution in [1.29, 1.82) is 0 Å². The van der Waals surface area contributed by atoms with Crippen LogP contribution in [0.5, 0.6) is 0 Å². The molecule has 4 aromatic rings. The Morgan fingerprint density at radius 3 is 2.49 bits per heavy atom. The number of para-hydroxylation sites is 1. The molecule has 0 unspecified atom stereocenters. The third-order valence-electron chi connectivity index (χ3n) is 6.31. The molecule has 1 amide bonds. The van der Waals surface area contributed by atoms with E-state index < -0.39 is 0 Å². The van der Waals surface area contributed by atoms with Crippen molar-refractivity contribution in [2.75, 3.05) is 18.8 Å². The molecule has 0 aliphatic carbocycles. The van der Waals surface area contributed by atoms with Crippen LogP contribution in [0.3, 0.4) is 0 Å². The van der Waals surface area contributed by atoms with E-state index in [1.165, 1.54) is 17.3 Å². The minimum atomic E-state index is 0.129. The summed E-state index contributed by atoms with van der Waals surface area (Å²) < 4.78 is 1.91. The van der Waals surface area contributed by atoms with Crippen LogP contribution in [0, 0.1) is 5.92 Å². The van der Waals surface area contributed by atoms with E-state index in [4.69, 9.17) is 11.6 Å². The fourth-order valence-corrected chi connectivity index (χ4v) is 5.52. The lowest BCUT2D eigenvalue weighted by Gasteiger charge is -2.32. The van der Waals surface area contributed by atoms with Crippen LogP contribution in [0.15, 0.2) is 84.3 Å². The van der Waals surface area contributed by atoms with Crippen LogP contribution in [-0.4, -0.2) is 49.4 Å². The minimum Gasteiger partial charge on any atom is -0.342 e. The summed E-state index contributed by atoms with van der Waals surface area (Å²) in [7, 11) is 0. The van der Waals surface area contributed by atoms with Crippen molar-refractivity contribution in [3.05, 3.63) is 89.7 Å². The van der Waals surface area contributed by atoms with Crippen LogP contribution >= 0.6 is 23.4 Å². The van der Waals surface area contributed by atoms with Gasteiger partial charge in [-0.2, -0.15) is 0 Å². The van der Waals surface area contributed by atoms with Crippen molar-refractivity contribution in [3.63, 3.8) is 0 Å². The van der Waals surface area contributed by atoms with Crippen LogP contribution < -0.4 is 0 Å². The molecule has 1 aliphatic heterocycles. The number of pyridine rings is 1. The SMILES string of the molecule is O=C(CSc1nnc(-c2cccnc2)n1-c1ccccc1Cl)N1CCC(Cc2ccccc2)CC1. The average Bonchev–Trinajstić information content (AvgIpc) is 3.33. The molecule has 1 saturated heterocycles. The molecule has 0 radical (unpaired) electrons. The molecule has 35 heavy (non-hydrogen) atoms. The van der Waals surface area contributed by atoms with Crippen LogP contribution in [0.2, 0.25) is 5.02 Å². The lowest BCUT2D eigenvalue weighted by atomic mass is 9.90. The van der Waals surface area contributed by atoms with E-state index in [1.54, 1.807) is 12.4 Å². The highest BCUT2D eigenvalue weighted by molar-refractivity contribution is 7.99. The zero-order valence-corrected chi connectivity index (χ0v) is 20.8. The highest BCUT2D eigenvalue weighted by Crippen LogP contribution is 2.31. The molecule has 0 N–H and O–H groups in total. The molecule has 5 rings (SSSR count). The van der Waals surface area contributed by atoms with E-state index in [2.05, 4.69) is 45.5 Å². The lowest BCUT2D eigenvalue weighted by molar-refractivity contribution is -0.129. The third-order valence-corrected chi connectivity index (χ3v) is 7.54. The first-order chi connectivity index (χ1) is 17.2. The Kier molecular flexibility index (Phi) is 7.45. The number of likely N-dealkylation sites (tertiary alicyclic amines) is 1. The molecule has 6 nitrogen and oxygen atoms in total. The molecular formula is C27H26ClN5OS. The summed E-state index contributed by atoms with van der Waals surface area (Å²) in [5.74, 6) is 1.70. The van der Waals surface area contributed by atoms with E-state index in [0.717, 1.165) is 43.6 Å². The van der Waals surface area contributed by atoms with E-state index >= 15 is 0 Å². The Balaban J connectivity index is 1.26. The average molecular weight is 504 g/mol. The maximum absolute atomic E-state index is 13.0. The highest BCUT2D eigenvalue weighted by atomic mass is 35.5. The first-order valence-electron chi connectivity index (χ1n) is 11.7. The molecule has 0 spiro atoms. The summed E-state index contributed by atoms with van der Waals surface area (Å²) in [5.41, 5.74) is 2.98. The number of piperidine rings is 1. The summed E-state index contributed by atoms with van der Waals surface area (Å²) in [5, 5.41) is 10.0. The van der Waals surface area contributed by atoms with Gasteiger partial charge < -0.3 is 4.90 Å². The van der Waals surface area contributed by atoms with Gasteiger partial charge in [0.05, 0.1) is 16.5 Å². The number of amides is 1. The first kappa shape index (κ1) is 23.6. The number of hydrogen-bond donors (Lipinski definition) is 0. The van der Waals surface area contributed by atoms with Gasteiger partial charge in [0, 0.05) is 31.0 Å². The molecule has 1 aliphatic rings. The Morgan fingerprint density at radius 1 is 0.971 bits per heavy atom. The van der Waals surface area contributed by atoms with Gasteiger partial charge in [-0.1, -0.05) is 65.8 Å². The van der Waals surface area contributed by atoms with Gasteiger partial charge >= 0.3 is 0 Å². The van der Waals surface area contributed by atoms with E-state index in [-0.39, 0.29) is 5.91 Å². The standard InChI is InChI=1S/C27H26ClN5OS/c28-23-10-4-5-11-24(23)33-26(22-9-6-14-29-18-22)30-31-27(33)35-19-25(34)32-15-12-21(13-16-32)17-20-7-2-1-3-8-20/h1-11,14,18,21H,12-13,15-17,19H2. The van der Waals surface area contributed by atoms with Crippen LogP contribution in [-0.2, 0) is 11.2 Å². The van der Waals surface area contributed by atoms with E-state index in [0.29, 0.717) is 27.7 Å². The predicted molar refractivity (Wildman–Crippen MR) is 140 cm³/mol. The molecule has 0 saturated carbocycles. The van der Waals surface area contributed by atoms with Crippen LogP contribution in [0.25, 0.3) is 17.1 Å². The molecule has 0 atom stereocenters. The second-order valence-corrected chi connectivity index (χ2v) is 9.99. The smallest absolute Gasteiger partial charge is 0.233 e. The topological polar surface area (TPSA) is 63.9 Å². The number of halogens is 1. The number of nitrogens with zero attached hydrogens (tertiary/aromatic N) is 5. The van der Waals surface area contributed by atoms with Crippen molar-refractivity contribution in [3.8, 4) is 17.1 Å². The zero-order valence-electron chi connectivity index (χ0n) is 19.3. The van der Waals surface area contributed by atoms with Crippen molar-refractivity contribution in [1.82, 2.24) is 24.6 Å². The number of hydrogen-bond acceptors (Lipinski definition) is 5. The Hall–Kier alpha value is -3.16. The first-order valence-corrected chi connectivity index (χ1v) is 13.1.